The molecule has 0 amide bonds. The van der Waals surface area contributed by atoms with Crippen molar-refractivity contribution in [2.24, 2.45) is 7.05 Å². The summed E-state index contributed by atoms with van der Waals surface area (Å²) in [6.45, 7) is 7.51. The van der Waals surface area contributed by atoms with E-state index >= 15 is 0 Å². The van der Waals surface area contributed by atoms with Crippen LogP contribution in [0.25, 0.3) is 22.2 Å². The lowest BCUT2D eigenvalue weighted by Gasteiger charge is -2.09. The molecule has 1 atom stereocenters. The fourth-order valence-electron chi connectivity index (χ4n) is 3.17. The third kappa shape index (κ3) is 3.90. The summed E-state index contributed by atoms with van der Waals surface area (Å²) in [5.41, 5.74) is 4.02. The molecule has 2 aromatic heterocycles. The van der Waals surface area contributed by atoms with Crippen LogP contribution < -0.4 is 5.56 Å². The summed E-state index contributed by atoms with van der Waals surface area (Å²) in [4.78, 5) is 16.7. The minimum Gasteiger partial charge on any atom is -0.440 e. The number of aryl methyl sites for hydroxylation is 2. The van der Waals surface area contributed by atoms with Gasteiger partial charge < -0.3 is 8.98 Å². The van der Waals surface area contributed by atoms with E-state index in [4.69, 9.17) is 4.42 Å². The van der Waals surface area contributed by atoms with Crippen LogP contribution in [0.2, 0.25) is 0 Å². The Kier molecular flexibility index (Phi) is 5.48. The molecule has 3 rings (SSSR count). The first-order valence-electron chi connectivity index (χ1n) is 9.46. The molecule has 0 aliphatic rings. The van der Waals surface area contributed by atoms with E-state index in [9.17, 15) is 13.2 Å². The summed E-state index contributed by atoms with van der Waals surface area (Å²) in [5.74, 6) is 0.819. The van der Waals surface area contributed by atoms with Gasteiger partial charge in [-0.05, 0) is 37.1 Å². The summed E-state index contributed by atoms with van der Waals surface area (Å²) >= 11 is 0. The van der Waals surface area contributed by atoms with Crippen molar-refractivity contribution < 1.29 is 12.8 Å². The molecule has 2 heterocycles. The fourth-order valence-corrected chi connectivity index (χ4v) is 4.05. The topological polar surface area (TPSA) is 82.2 Å². The number of fused-ring (bicyclic) bond motifs is 1. The number of oxazole rings is 1. The van der Waals surface area contributed by atoms with Crippen LogP contribution in [0.5, 0.6) is 0 Å². The molecular formula is C21H26N2O4S. The molecule has 1 aromatic carbocycles. The maximum absolute atomic E-state index is 12.2. The number of nitrogens with zero attached hydrogens (tertiary/aromatic N) is 2. The average molecular weight is 403 g/mol. The summed E-state index contributed by atoms with van der Waals surface area (Å²) in [6, 6.07) is 5.43. The highest BCUT2D eigenvalue weighted by molar-refractivity contribution is 7.90. The molecule has 0 saturated heterocycles. The number of hydrogen-bond donors (Lipinski definition) is 0. The first kappa shape index (κ1) is 20.3. The summed E-state index contributed by atoms with van der Waals surface area (Å²) in [5, 5.41) is 0. The van der Waals surface area contributed by atoms with Crippen LogP contribution in [-0.2, 0) is 22.6 Å². The zero-order valence-corrected chi connectivity index (χ0v) is 17.8. The summed E-state index contributed by atoms with van der Waals surface area (Å²) in [6.07, 6.45) is 2.63. The van der Waals surface area contributed by atoms with E-state index in [1.807, 2.05) is 13.0 Å². The van der Waals surface area contributed by atoms with Gasteiger partial charge in [0.25, 0.3) is 5.56 Å². The molecule has 3 aromatic rings. The van der Waals surface area contributed by atoms with Crippen LogP contribution in [0.15, 0.2) is 33.6 Å². The van der Waals surface area contributed by atoms with Gasteiger partial charge in [0.2, 0.25) is 0 Å². The number of benzene rings is 1. The first-order valence-corrected chi connectivity index (χ1v) is 11.3. The van der Waals surface area contributed by atoms with Gasteiger partial charge in [-0.15, -0.1) is 0 Å². The Labute approximate surface area is 165 Å². The van der Waals surface area contributed by atoms with E-state index in [0.717, 1.165) is 17.5 Å². The normalized spacial score (nSPS) is 13.2. The smallest absolute Gasteiger partial charge is 0.253 e. The molecule has 7 heteroatoms. The molecule has 0 bridgehead atoms. The van der Waals surface area contributed by atoms with Gasteiger partial charge in [-0.2, -0.15) is 0 Å². The van der Waals surface area contributed by atoms with Crippen molar-refractivity contribution in [2.75, 3.05) is 5.75 Å². The predicted octanol–water partition coefficient (Wildman–Crippen LogP) is 3.95. The number of pyridine rings is 1. The highest BCUT2D eigenvalue weighted by Gasteiger charge is 2.19. The number of aromatic nitrogens is 2. The molecule has 0 saturated carbocycles. The second-order valence-electron chi connectivity index (χ2n) is 7.36. The Hall–Kier alpha value is -2.41. The number of sulfone groups is 1. The van der Waals surface area contributed by atoms with E-state index < -0.39 is 9.84 Å². The van der Waals surface area contributed by atoms with Gasteiger partial charge in [0.15, 0.2) is 21.3 Å². The Morgan fingerprint density at radius 2 is 1.93 bits per heavy atom. The molecule has 28 heavy (non-hydrogen) atoms. The van der Waals surface area contributed by atoms with Crippen molar-refractivity contribution >= 4 is 20.9 Å². The maximum Gasteiger partial charge on any atom is 0.253 e. The van der Waals surface area contributed by atoms with Gasteiger partial charge in [-0.3, -0.25) is 4.79 Å². The average Bonchev–Trinajstić information content (AvgIpc) is 3.08. The van der Waals surface area contributed by atoms with Crippen molar-refractivity contribution in [3.05, 3.63) is 51.8 Å². The number of hydrogen-bond acceptors (Lipinski definition) is 5. The predicted molar refractivity (Wildman–Crippen MR) is 111 cm³/mol. The molecular weight excluding hydrogens is 376 g/mol. The molecule has 150 valence electrons. The SMILES string of the molecule is CCC(C)c1nc2cc(CS(=O)(=O)CC)cc(-c3cc(C)c(=O)n(C)c3)c2o1. The molecule has 6 nitrogen and oxygen atoms in total. The van der Waals surface area contributed by atoms with Gasteiger partial charge in [0.05, 0.1) is 5.75 Å². The second kappa shape index (κ2) is 7.54. The van der Waals surface area contributed by atoms with E-state index in [1.54, 1.807) is 39.2 Å². The van der Waals surface area contributed by atoms with Crippen LogP contribution in [0, 0.1) is 6.92 Å². The van der Waals surface area contributed by atoms with Gasteiger partial charge in [0, 0.05) is 41.6 Å². The zero-order chi connectivity index (χ0) is 20.6. The van der Waals surface area contributed by atoms with Gasteiger partial charge in [0.1, 0.15) is 5.52 Å². The minimum absolute atomic E-state index is 0.0529. The van der Waals surface area contributed by atoms with Crippen LogP contribution in [0.3, 0.4) is 0 Å². The van der Waals surface area contributed by atoms with Crippen molar-refractivity contribution in [1.82, 2.24) is 9.55 Å². The van der Waals surface area contributed by atoms with Crippen LogP contribution in [0.4, 0.5) is 0 Å². The highest BCUT2D eigenvalue weighted by atomic mass is 32.2. The van der Waals surface area contributed by atoms with E-state index in [0.29, 0.717) is 28.1 Å². The summed E-state index contributed by atoms with van der Waals surface area (Å²) in [7, 11) is -1.49. The van der Waals surface area contributed by atoms with Crippen molar-refractivity contribution in [3.63, 3.8) is 0 Å². The van der Waals surface area contributed by atoms with Gasteiger partial charge in [-0.1, -0.05) is 20.8 Å². The maximum atomic E-state index is 12.2. The Morgan fingerprint density at radius 1 is 1.21 bits per heavy atom. The molecule has 0 N–H and O–H groups in total. The van der Waals surface area contributed by atoms with E-state index in [1.165, 1.54) is 4.57 Å². The second-order valence-corrected chi connectivity index (χ2v) is 9.71. The summed E-state index contributed by atoms with van der Waals surface area (Å²) < 4.78 is 32.0. The molecule has 0 radical (unpaired) electrons. The Balaban J connectivity index is 2.28. The van der Waals surface area contributed by atoms with E-state index in [2.05, 4.69) is 11.9 Å². The van der Waals surface area contributed by atoms with Crippen LogP contribution in [0.1, 0.15) is 50.1 Å². The Bertz CT molecular complexity index is 1160. The minimum atomic E-state index is -3.19. The van der Waals surface area contributed by atoms with Crippen molar-refractivity contribution in [3.8, 4) is 11.1 Å². The largest absolute Gasteiger partial charge is 0.440 e. The third-order valence-corrected chi connectivity index (χ3v) is 6.75. The zero-order valence-electron chi connectivity index (χ0n) is 16.9. The number of rotatable bonds is 6. The quantitative estimate of drug-likeness (QED) is 0.623. The standard InChI is InChI=1S/C21H26N2O4S/c1-6-13(3)20-22-18-10-15(12-28(25,26)7-2)9-17(19(18)27-20)16-8-14(4)21(24)23(5)11-16/h8-11,13H,6-7,12H2,1-5H3. The van der Waals surface area contributed by atoms with Gasteiger partial charge in [-0.25, -0.2) is 13.4 Å². The van der Waals surface area contributed by atoms with Crippen LogP contribution in [-0.4, -0.2) is 23.7 Å². The van der Waals surface area contributed by atoms with E-state index in [-0.39, 0.29) is 23.0 Å². The molecule has 0 fully saturated rings. The molecule has 0 spiro atoms. The lowest BCUT2D eigenvalue weighted by Crippen LogP contribution is -2.18. The van der Waals surface area contributed by atoms with Crippen molar-refractivity contribution in [1.29, 1.82) is 0 Å². The highest BCUT2D eigenvalue weighted by Crippen LogP contribution is 2.33. The lowest BCUT2D eigenvalue weighted by molar-refractivity contribution is 0.480. The van der Waals surface area contributed by atoms with Gasteiger partial charge >= 0.3 is 0 Å². The lowest BCUT2D eigenvalue weighted by atomic mass is 10.0. The molecule has 1 unspecified atom stereocenters. The molecule has 0 aliphatic heterocycles. The van der Waals surface area contributed by atoms with Crippen LogP contribution >= 0.6 is 0 Å². The third-order valence-electron chi connectivity index (χ3n) is 5.10. The fraction of sp³-hybridized carbons (Fsp3) is 0.429. The monoisotopic (exact) mass is 402 g/mol. The van der Waals surface area contributed by atoms with Crippen molar-refractivity contribution in [2.45, 2.75) is 45.8 Å². The first-order chi connectivity index (χ1) is 13.1. The Morgan fingerprint density at radius 3 is 2.54 bits per heavy atom. The molecule has 0 aliphatic carbocycles.